The van der Waals surface area contributed by atoms with Gasteiger partial charge in [-0.1, -0.05) is 12.1 Å². The lowest BCUT2D eigenvalue weighted by molar-refractivity contribution is -0.0504. The molecule has 0 atom stereocenters. The molecule has 28 heavy (non-hydrogen) atoms. The van der Waals surface area contributed by atoms with Crippen molar-refractivity contribution in [2.24, 2.45) is 4.99 Å². The molecule has 0 amide bonds. The Bertz CT molecular complexity index is 785. The summed E-state index contributed by atoms with van der Waals surface area (Å²) in [5, 5.41) is 6.26. The van der Waals surface area contributed by atoms with E-state index in [4.69, 9.17) is 9.47 Å². The molecule has 2 rings (SSSR count). The third kappa shape index (κ3) is 6.61. The fourth-order valence-corrected chi connectivity index (χ4v) is 2.49. The highest BCUT2D eigenvalue weighted by molar-refractivity contribution is 5.79. The third-order valence-corrected chi connectivity index (χ3v) is 3.83. The van der Waals surface area contributed by atoms with Crippen molar-refractivity contribution in [3.8, 4) is 17.2 Å². The predicted molar refractivity (Wildman–Crippen MR) is 104 cm³/mol. The number of guanidine groups is 1. The molecule has 0 radical (unpaired) electrons. The zero-order valence-corrected chi connectivity index (χ0v) is 16.2. The summed E-state index contributed by atoms with van der Waals surface area (Å²) in [4.78, 5) is 4.53. The van der Waals surface area contributed by atoms with E-state index in [2.05, 4.69) is 20.4 Å². The molecule has 0 aliphatic heterocycles. The zero-order chi connectivity index (χ0) is 20.4. The van der Waals surface area contributed by atoms with Crippen LogP contribution < -0.4 is 24.8 Å². The summed E-state index contributed by atoms with van der Waals surface area (Å²) in [5.74, 6) is 1.95. The van der Waals surface area contributed by atoms with Gasteiger partial charge >= 0.3 is 6.61 Å². The summed E-state index contributed by atoms with van der Waals surface area (Å²) in [7, 11) is 3.13. The molecule has 0 fully saturated rings. The van der Waals surface area contributed by atoms with Gasteiger partial charge in [0.05, 0.1) is 20.8 Å². The van der Waals surface area contributed by atoms with Crippen molar-refractivity contribution in [2.45, 2.75) is 26.6 Å². The maximum Gasteiger partial charge on any atom is 0.387 e. The number of nitrogens with one attached hydrogen (secondary N) is 2. The van der Waals surface area contributed by atoms with Crippen molar-refractivity contribution in [3.63, 3.8) is 0 Å². The maximum atomic E-state index is 12.7. The lowest BCUT2D eigenvalue weighted by atomic mass is 10.2. The molecule has 0 unspecified atom stereocenters. The van der Waals surface area contributed by atoms with Crippen LogP contribution >= 0.6 is 0 Å². The van der Waals surface area contributed by atoms with E-state index >= 15 is 0 Å². The van der Waals surface area contributed by atoms with Crippen LogP contribution in [0, 0.1) is 0 Å². The first kappa shape index (κ1) is 21.3. The Morgan fingerprint density at radius 1 is 1.04 bits per heavy atom. The molecule has 2 aromatic carbocycles. The fourth-order valence-electron chi connectivity index (χ4n) is 2.49. The normalized spacial score (nSPS) is 11.3. The monoisotopic (exact) mass is 393 g/mol. The molecule has 8 heteroatoms. The molecule has 0 saturated carbocycles. The smallest absolute Gasteiger partial charge is 0.387 e. The minimum absolute atomic E-state index is 0.0898. The SMILES string of the molecule is CCNC(=NCc1cccc(OC)c1)NCc1cc(OC)ccc1OC(F)F. The quantitative estimate of drug-likeness (QED) is 0.504. The van der Waals surface area contributed by atoms with Gasteiger partial charge in [-0.2, -0.15) is 8.78 Å². The highest BCUT2D eigenvalue weighted by Gasteiger charge is 2.11. The molecular formula is C20H25F2N3O3. The summed E-state index contributed by atoms with van der Waals surface area (Å²) < 4.78 is 40.3. The lowest BCUT2D eigenvalue weighted by Crippen LogP contribution is -2.36. The number of methoxy groups -OCH3 is 2. The molecule has 0 aromatic heterocycles. The molecule has 0 saturated heterocycles. The number of alkyl halides is 2. The first-order chi connectivity index (χ1) is 13.5. The summed E-state index contributed by atoms with van der Waals surface area (Å²) >= 11 is 0. The highest BCUT2D eigenvalue weighted by Crippen LogP contribution is 2.25. The van der Waals surface area contributed by atoms with Crippen LogP contribution in [-0.2, 0) is 13.1 Å². The van der Waals surface area contributed by atoms with Crippen LogP contribution in [0.5, 0.6) is 17.2 Å². The zero-order valence-electron chi connectivity index (χ0n) is 16.2. The van der Waals surface area contributed by atoms with Crippen molar-refractivity contribution in [1.82, 2.24) is 10.6 Å². The Balaban J connectivity index is 2.11. The van der Waals surface area contributed by atoms with Crippen LogP contribution in [0.3, 0.4) is 0 Å². The Morgan fingerprint density at radius 3 is 2.46 bits per heavy atom. The van der Waals surface area contributed by atoms with Gasteiger partial charge in [0.15, 0.2) is 5.96 Å². The average Bonchev–Trinajstić information content (AvgIpc) is 2.70. The summed E-state index contributed by atoms with van der Waals surface area (Å²) in [6.45, 7) is 0.373. The van der Waals surface area contributed by atoms with Crippen LogP contribution in [-0.4, -0.2) is 33.3 Å². The van der Waals surface area contributed by atoms with Crippen LogP contribution in [0.1, 0.15) is 18.1 Å². The number of benzene rings is 2. The van der Waals surface area contributed by atoms with Crippen molar-refractivity contribution >= 4 is 5.96 Å². The van der Waals surface area contributed by atoms with Crippen molar-refractivity contribution in [1.29, 1.82) is 0 Å². The maximum absolute atomic E-state index is 12.7. The van der Waals surface area contributed by atoms with Gasteiger partial charge in [-0.15, -0.1) is 0 Å². The Kier molecular flexibility index (Phi) is 8.33. The lowest BCUT2D eigenvalue weighted by Gasteiger charge is -2.15. The Labute approximate surface area is 163 Å². The standard InChI is InChI=1S/C20H25F2N3O3/c1-4-23-20(24-12-14-6-5-7-16(10-14)26-2)25-13-15-11-17(27-3)8-9-18(15)28-19(21)22/h5-11,19H,4,12-13H2,1-3H3,(H2,23,24,25). The molecule has 2 N–H and O–H groups in total. The van der Waals surface area contributed by atoms with E-state index in [9.17, 15) is 8.78 Å². The van der Waals surface area contributed by atoms with Crippen molar-refractivity contribution < 1.29 is 23.0 Å². The van der Waals surface area contributed by atoms with Crippen molar-refractivity contribution in [3.05, 3.63) is 53.6 Å². The number of halogens is 2. The number of rotatable bonds is 9. The minimum atomic E-state index is -2.90. The Hall–Kier alpha value is -3.03. The molecule has 2 aromatic rings. The Morgan fingerprint density at radius 2 is 1.79 bits per heavy atom. The fraction of sp³-hybridized carbons (Fsp3) is 0.350. The number of aliphatic imine (C=N–C) groups is 1. The van der Waals surface area contributed by atoms with E-state index in [0.717, 1.165) is 11.3 Å². The van der Waals surface area contributed by atoms with E-state index < -0.39 is 6.61 Å². The number of ether oxygens (including phenoxy) is 3. The van der Waals surface area contributed by atoms with E-state index in [-0.39, 0.29) is 12.3 Å². The van der Waals surface area contributed by atoms with Gasteiger partial charge in [0.25, 0.3) is 0 Å². The average molecular weight is 393 g/mol. The van der Waals surface area contributed by atoms with Gasteiger partial charge in [-0.25, -0.2) is 4.99 Å². The molecule has 0 bridgehead atoms. The molecule has 0 spiro atoms. The molecule has 0 heterocycles. The van der Waals surface area contributed by atoms with Crippen LogP contribution in [0.25, 0.3) is 0 Å². The van der Waals surface area contributed by atoms with Gasteiger partial charge in [0.1, 0.15) is 17.2 Å². The molecule has 152 valence electrons. The first-order valence-corrected chi connectivity index (χ1v) is 8.82. The van der Waals surface area contributed by atoms with Crippen LogP contribution in [0.4, 0.5) is 8.78 Å². The molecule has 0 aliphatic carbocycles. The van der Waals surface area contributed by atoms with Crippen molar-refractivity contribution in [2.75, 3.05) is 20.8 Å². The van der Waals surface area contributed by atoms with Gasteiger partial charge in [0, 0.05) is 18.7 Å². The molecule has 0 aliphatic rings. The van der Waals surface area contributed by atoms with Gasteiger partial charge < -0.3 is 24.8 Å². The summed E-state index contributed by atoms with van der Waals surface area (Å²) in [6.07, 6.45) is 0. The van der Waals surface area contributed by atoms with Gasteiger partial charge in [-0.05, 0) is 42.8 Å². The van der Waals surface area contributed by atoms with E-state index in [0.29, 0.717) is 30.4 Å². The largest absolute Gasteiger partial charge is 0.497 e. The van der Waals surface area contributed by atoms with Crippen LogP contribution in [0.2, 0.25) is 0 Å². The predicted octanol–water partition coefficient (Wildman–Crippen LogP) is 3.56. The van der Waals surface area contributed by atoms with E-state index in [1.54, 1.807) is 19.2 Å². The minimum Gasteiger partial charge on any atom is -0.497 e. The highest BCUT2D eigenvalue weighted by atomic mass is 19.3. The second-order valence-corrected chi connectivity index (χ2v) is 5.75. The number of nitrogens with zero attached hydrogens (tertiary/aromatic N) is 1. The second-order valence-electron chi connectivity index (χ2n) is 5.75. The van der Waals surface area contributed by atoms with Gasteiger partial charge in [0.2, 0.25) is 0 Å². The topological polar surface area (TPSA) is 64.1 Å². The summed E-state index contributed by atoms with van der Waals surface area (Å²) in [6, 6.07) is 12.3. The molecule has 6 nitrogen and oxygen atoms in total. The summed E-state index contributed by atoms with van der Waals surface area (Å²) in [5.41, 5.74) is 1.52. The van der Waals surface area contributed by atoms with E-state index in [1.807, 2.05) is 31.2 Å². The van der Waals surface area contributed by atoms with Gasteiger partial charge in [-0.3, -0.25) is 0 Å². The number of hydrogen-bond donors (Lipinski definition) is 2. The third-order valence-electron chi connectivity index (χ3n) is 3.83. The molecular weight excluding hydrogens is 368 g/mol. The second kappa shape index (κ2) is 11.0. The van der Waals surface area contributed by atoms with Crippen LogP contribution in [0.15, 0.2) is 47.5 Å². The van der Waals surface area contributed by atoms with E-state index in [1.165, 1.54) is 13.2 Å². The first-order valence-electron chi connectivity index (χ1n) is 8.82. The number of hydrogen-bond acceptors (Lipinski definition) is 4.